The molecule has 36 heavy (non-hydrogen) atoms. The van der Waals surface area contributed by atoms with Crippen LogP contribution in [-0.4, -0.2) is 54.3 Å². The van der Waals surface area contributed by atoms with E-state index in [0.29, 0.717) is 28.9 Å². The van der Waals surface area contributed by atoms with Crippen LogP contribution in [0.1, 0.15) is 43.7 Å². The third-order valence-corrected chi connectivity index (χ3v) is 7.52. The number of nitrogens with zero attached hydrogens (tertiary/aromatic N) is 3. The number of anilines is 2. The minimum atomic E-state index is -1.14. The molecule has 2 aromatic carbocycles. The van der Waals surface area contributed by atoms with Gasteiger partial charge < -0.3 is 15.5 Å². The Bertz CT molecular complexity index is 1190. The Balaban J connectivity index is 1.37. The zero-order valence-electron chi connectivity index (χ0n) is 20.9. The average molecular weight is 488 g/mol. The van der Waals surface area contributed by atoms with E-state index in [9.17, 15) is 14.4 Å². The van der Waals surface area contributed by atoms with Crippen molar-refractivity contribution in [2.24, 2.45) is 16.8 Å². The van der Waals surface area contributed by atoms with E-state index in [1.165, 1.54) is 30.6 Å². The molecule has 0 radical (unpaired) electrons. The van der Waals surface area contributed by atoms with Crippen LogP contribution in [0, 0.1) is 18.8 Å². The highest BCUT2D eigenvalue weighted by Gasteiger charge is 2.36. The number of fused-ring (bicyclic) bond motifs is 5. The highest BCUT2D eigenvalue weighted by Crippen LogP contribution is 2.34. The summed E-state index contributed by atoms with van der Waals surface area (Å²) in [5, 5.41) is 5.48. The normalized spacial score (nSPS) is 23.3. The van der Waals surface area contributed by atoms with Gasteiger partial charge in [-0.15, -0.1) is 0 Å². The summed E-state index contributed by atoms with van der Waals surface area (Å²) in [6.07, 6.45) is 3.56. The summed E-state index contributed by atoms with van der Waals surface area (Å²) in [6.45, 7) is 5.20. The largest absolute Gasteiger partial charge is 0.341 e. The first-order valence-corrected chi connectivity index (χ1v) is 12.7. The minimum Gasteiger partial charge on any atom is -0.341 e. The summed E-state index contributed by atoms with van der Waals surface area (Å²) in [7, 11) is 0. The Hall–Kier alpha value is -3.68. The topological polar surface area (TPSA) is 94.1 Å². The second-order valence-corrected chi connectivity index (χ2v) is 10.2. The number of carbonyl (C=O) groups is 3. The third kappa shape index (κ3) is 5.12. The first-order valence-electron chi connectivity index (χ1n) is 12.7. The molecule has 3 aliphatic heterocycles. The van der Waals surface area contributed by atoms with Crippen molar-refractivity contribution in [3.05, 3.63) is 59.7 Å². The Kier molecular flexibility index (Phi) is 6.76. The van der Waals surface area contributed by atoms with Crippen LogP contribution in [0.4, 0.5) is 16.2 Å². The maximum Gasteiger partial charge on any atom is 0.321 e. The lowest BCUT2D eigenvalue weighted by molar-refractivity contribution is -0.132. The SMILES string of the molecule is CC1=N[C@@H](NC(=O)Nc2cccc(C)c2)C(=O)N(CC(=O)N2CC3CCC(CC3)C2)c2ccccc21. The average Bonchev–Trinajstić information content (AvgIpc) is 3.24. The number of benzodiazepines with no additional fused rings is 1. The van der Waals surface area contributed by atoms with Gasteiger partial charge in [-0.2, -0.15) is 0 Å². The van der Waals surface area contributed by atoms with Crippen LogP contribution in [0.3, 0.4) is 0 Å². The van der Waals surface area contributed by atoms with Gasteiger partial charge in [0.2, 0.25) is 12.1 Å². The van der Waals surface area contributed by atoms with E-state index in [-0.39, 0.29) is 12.5 Å². The lowest BCUT2D eigenvalue weighted by Gasteiger charge is -2.29. The fraction of sp³-hybridized carbons (Fsp3) is 0.429. The van der Waals surface area contributed by atoms with Gasteiger partial charge in [-0.1, -0.05) is 30.3 Å². The van der Waals surface area contributed by atoms with Crippen LogP contribution in [-0.2, 0) is 9.59 Å². The molecule has 3 heterocycles. The number of rotatable bonds is 4. The number of para-hydroxylation sites is 1. The Labute approximate surface area is 211 Å². The standard InChI is InChI=1S/C28H33N5O3/c1-18-6-5-7-22(14-18)30-28(36)31-26-27(35)33(24-9-4-3-8-23(24)19(2)29-26)17-25(34)32-15-20-10-11-21(16-32)13-12-20/h3-9,14,20-21,26H,10-13,15-17H2,1-2H3,(H2,30,31,36)/t20?,21?,26-/m0/s1. The van der Waals surface area contributed by atoms with Crippen molar-refractivity contribution >= 4 is 34.9 Å². The second kappa shape index (κ2) is 10.1. The molecule has 2 saturated heterocycles. The molecule has 8 heteroatoms. The number of urea groups is 1. The van der Waals surface area contributed by atoms with Crippen LogP contribution in [0.5, 0.6) is 0 Å². The zero-order chi connectivity index (χ0) is 25.2. The maximum atomic E-state index is 13.7. The summed E-state index contributed by atoms with van der Waals surface area (Å²) in [4.78, 5) is 48.0. The Morgan fingerprint density at radius 2 is 1.67 bits per heavy atom. The molecule has 0 aromatic heterocycles. The van der Waals surface area contributed by atoms with Crippen LogP contribution in [0.2, 0.25) is 0 Å². The number of hydrogen-bond acceptors (Lipinski definition) is 4. The molecular weight excluding hydrogens is 454 g/mol. The molecule has 0 spiro atoms. The van der Waals surface area contributed by atoms with Crippen molar-refractivity contribution in [2.75, 3.05) is 29.9 Å². The molecule has 8 nitrogen and oxygen atoms in total. The monoisotopic (exact) mass is 487 g/mol. The summed E-state index contributed by atoms with van der Waals surface area (Å²) in [5.74, 6) is 0.611. The highest BCUT2D eigenvalue weighted by molar-refractivity contribution is 6.14. The minimum absolute atomic E-state index is 0.0560. The number of hydrogen-bond donors (Lipinski definition) is 2. The Morgan fingerprint density at radius 1 is 0.972 bits per heavy atom. The molecule has 1 aliphatic carbocycles. The van der Waals surface area contributed by atoms with Crippen LogP contribution < -0.4 is 15.5 Å². The van der Waals surface area contributed by atoms with Gasteiger partial charge in [0.25, 0.3) is 5.91 Å². The molecule has 4 aliphatic rings. The Morgan fingerprint density at radius 3 is 2.36 bits per heavy atom. The van der Waals surface area contributed by atoms with E-state index in [1.807, 2.05) is 61.2 Å². The quantitative estimate of drug-likeness (QED) is 0.684. The summed E-state index contributed by atoms with van der Waals surface area (Å²) >= 11 is 0. The van der Waals surface area contributed by atoms with Gasteiger partial charge >= 0.3 is 6.03 Å². The molecule has 3 fully saturated rings. The lowest BCUT2D eigenvalue weighted by atomic mass is 9.84. The van der Waals surface area contributed by atoms with Gasteiger partial charge in [-0.25, -0.2) is 4.79 Å². The van der Waals surface area contributed by atoms with Crippen molar-refractivity contribution in [2.45, 2.75) is 45.7 Å². The van der Waals surface area contributed by atoms with Crippen LogP contribution >= 0.6 is 0 Å². The number of amides is 4. The maximum absolute atomic E-state index is 13.7. The summed E-state index contributed by atoms with van der Waals surface area (Å²) in [6, 6.07) is 14.3. The number of aliphatic imine (C=N–C) groups is 1. The van der Waals surface area contributed by atoms with Crippen molar-refractivity contribution in [3.63, 3.8) is 0 Å². The summed E-state index contributed by atoms with van der Waals surface area (Å²) < 4.78 is 0. The molecule has 2 N–H and O–H groups in total. The van der Waals surface area contributed by atoms with Crippen LogP contribution in [0.25, 0.3) is 0 Å². The van der Waals surface area contributed by atoms with Gasteiger partial charge in [0.1, 0.15) is 6.54 Å². The van der Waals surface area contributed by atoms with Crippen molar-refractivity contribution in [3.8, 4) is 0 Å². The molecule has 1 atom stereocenters. The fourth-order valence-corrected chi connectivity index (χ4v) is 5.60. The number of aryl methyl sites for hydroxylation is 1. The van der Waals surface area contributed by atoms with E-state index < -0.39 is 18.1 Å². The van der Waals surface area contributed by atoms with E-state index in [4.69, 9.17) is 0 Å². The number of carbonyl (C=O) groups excluding carboxylic acids is 3. The van der Waals surface area contributed by atoms with Crippen molar-refractivity contribution in [1.29, 1.82) is 0 Å². The van der Waals surface area contributed by atoms with Gasteiger partial charge in [0.05, 0.1) is 5.69 Å². The predicted molar refractivity (Wildman–Crippen MR) is 140 cm³/mol. The van der Waals surface area contributed by atoms with E-state index in [0.717, 1.165) is 24.2 Å². The van der Waals surface area contributed by atoms with Gasteiger partial charge in [0.15, 0.2) is 0 Å². The van der Waals surface area contributed by atoms with E-state index in [1.54, 1.807) is 6.07 Å². The molecule has 4 amide bonds. The molecule has 0 unspecified atom stereocenters. The number of nitrogens with one attached hydrogen (secondary N) is 2. The molecule has 2 bridgehead atoms. The van der Waals surface area contributed by atoms with E-state index in [2.05, 4.69) is 15.6 Å². The predicted octanol–water partition coefficient (Wildman–Crippen LogP) is 3.95. The molecule has 2 aromatic rings. The third-order valence-electron chi connectivity index (χ3n) is 7.52. The smallest absolute Gasteiger partial charge is 0.321 e. The van der Waals surface area contributed by atoms with Gasteiger partial charge in [0, 0.05) is 30.1 Å². The van der Waals surface area contributed by atoms with E-state index >= 15 is 0 Å². The molecular formula is C28H33N5O3. The first-order chi connectivity index (χ1) is 17.4. The molecule has 188 valence electrons. The van der Waals surface area contributed by atoms with Crippen LogP contribution in [0.15, 0.2) is 53.5 Å². The fourth-order valence-electron chi connectivity index (χ4n) is 5.60. The highest BCUT2D eigenvalue weighted by atomic mass is 16.2. The number of benzene rings is 2. The second-order valence-electron chi connectivity index (χ2n) is 10.2. The van der Waals surface area contributed by atoms with Crippen molar-refractivity contribution < 1.29 is 14.4 Å². The van der Waals surface area contributed by atoms with Gasteiger partial charge in [-0.05, 0) is 75.1 Å². The first kappa shape index (κ1) is 24.0. The molecule has 1 saturated carbocycles. The van der Waals surface area contributed by atoms with Crippen molar-refractivity contribution in [1.82, 2.24) is 10.2 Å². The zero-order valence-corrected chi connectivity index (χ0v) is 20.9. The molecule has 6 rings (SSSR count). The lowest BCUT2D eigenvalue weighted by Crippen LogP contribution is -2.51. The van der Waals surface area contributed by atoms with Gasteiger partial charge in [-0.3, -0.25) is 19.5 Å². The summed E-state index contributed by atoms with van der Waals surface area (Å²) in [5.41, 5.74) is 3.67.